The number of ketones is 1. The van der Waals surface area contributed by atoms with Crippen LogP contribution in [0.25, 0.3) is 0 Å². The molecule has 11 nitrogen and oxygen atoms in total. The van der Waals surface area contributed by atoms with Gasteiger partial charge in [-0.2, -0.15) is 0 Å². The highest BCUT2D eigenvalue weighted by Gasteiger charge is 2.92. The van der Waals surface area contributed by atoms with Gasteiger partial charge in [0.25, 0.3) is 0 Å². The van der Waals surface area contributed by atoms with Crippen LogP contribution in [-0.2, 0) is 39.8 Å². The molecule has 4 aliphatic carbocycles. The second-order valence-electron chi connectivity index (χ2n) is 18.5. The number of cyclic esters (lactones) is 2. The van der Waals surface area contributed by atoms with Crippen molar-refractivity contribution in [3.05, 3.63) is 23.7 Å². The third kappa shape index (κ3) is 3.76. The minimum absolute atomic E-state index is 0.0135. The molecule has 5 aliphatic heterocycles. The lowest BCUT2D eigenvalue weighted by molar-refractivity contribution is -0.266. The summed E-state index contributed by atoms with van der Waals surface area (Å²) in [5, 5.41) is 19.5. The quantitative estimate of drug-likeness (QED) is 0.307. The number of esters is 2. The SMILES string of the molecule is CC1(C)OC2C3CCC4CC5(C)C(c6ccoc6CCC6CCC(C7CNCN7)CC6)OC(=O)C6OC65C5(C)C(O)C(=O)C1C2(COC3=O)C45. The molecule has 1 aromatic rings. The zero-order valence-corrected chi connectivity index (χ0v) is 29.7. The topological polar surface area (TPSA) is 149 Å². The third-order valence-corrected chi connectivity index (χ3v) is 16.1. The van der Waals surface area contributed by atoms with Crippen LogP contribution in [0.3, 0.4) is 0 Å². The van der Waals surface area contributed by atoms with Gasteiger partial charge in [-0.25, -0.2) is 4.79 Å². The molecule has 1 aromatic heterocycles. The van der Waals surface area contributed by atoms with Crippen molar-refractivity contribution in [2.45, 2.75) is 127 Å². The summed E-state index contributed by atoms with van der Waals surface area (Å²) in [6.45, 7) is 9.98. The molecule has 9 fully saturated rings. The number of epoxide rings is 1. The fourth-order valence-electron chi connectivity index (χ4n) is 14.4. The molecule has 0 amide bonds. The molecule has 3 N–H and O–H groups in total. The van der Waals surface area contributed by atoms with Crippen LogP contribution < -0.4 is 10.6 Å². The minimum atomic E-state index is -1.38. The van der Waals surface area contributed by atoms with Gasteiger partial charge < -0.3 is 39.1 Å². The maximum atomic E-state index is 14.7. The Balaban J connectivity index is 1.00. The fourth-order valence-corrected chi connectivity index (χ4v) is 14.4. The van der Waals surface area contributed by atoms with Crippen molar-refractivity contribution in [2.24, 2.45) is 51.8 Å². The lowest BCUT2D eigenvalue weighted by Gasteiger charge is -2.68. The molecule has 0 aromatic carbocycles. The highest BCUT2D eigenvalue weighted by molar-refractivity contribution is 5.92. The molecule has 272 valence electrons. The van der Waals surface area contributed by atoms with E-state index in [-0.39, 0.29) is 30.2 Å². The molecule has 13 unspecified atom stereocenters. The van der Waals surface area contributed by atoms with E-state index in [1.165, 1.54) is 25.7 Å². The Morgan fingerprint density at radius 2 is 1.72 bits per heavy atom. The lowest BCUT2D eigenvalue weighted by Crippen LogP contribution is -2.77. The van der Waals surface area contributed by atoms with Gasteiger partial charge in [0, 0.05) is 47.5 Å². The molecule has 9 aliphatic rings. The summed E-state index contributed by atoms with van der Waals surface area (Å²) in [6, 6.07) is 2.53. The number of hydrogen-bond acceptors (Lipinski definition) is 11. The Hall–Kier alpha value is -2.31. The first-order valence-corrected chi connectivity index (χ1v) is 19.3. The average Bonchev–Trinajstić information content (AvgIpc) is 3.34. The van der Waals surface area contributed by atoms with Crippen molar-refractivity contribution < 1.29 is 42.9 Å². The van der Waals surface area contributed by atoms with Crippen molar-refractivity contribution >= 4 is 17.7 Å². The zero-order valence-electron chi connectivity index (χ0n) is 29.7. The number of ether oxygens (including phenoxy) is 4. The summed E-state index contributed by atoms with van der Waals surface area (Å²) in [7, 11) is 0. The highest BCUT2D eigenvalue weighted by atomic mass is 16.7. The standard InChI is InChI=1S/C39H52N2O9/c1-35(2)28-26(42)29(43)37(4)27-21(10-11-23-31(49-35)38(27,28)17-47-33(23)44)15-36(3)30(48-34(45)32-39(36,37)50-32)22-13-14-46-25(22)12-7-19-5-8-20(9-6-19)24-16-40-18-41-24/h13-14,19-21,23-24,27-32,40-41,43H,5-12,15-18H2,1-4H3. The Morgan fingerprint density at radius 1 is 0.940 bits per heavy atom. The number of carbonyl (C=O) groups is 3. The largest absolute Gasteiger partial charge is 0.469 e. The van der Waals surface area contributed by atoms with Crippen molar-refractivity contribution in [1.82, 2.24) is 10.6 Å². The van der Waals surface area contributed by atoms with Crippen molar-refractivity contribution in [3.63, 3.8) is 0 Å². The third-order valence-electron chi connectivity index (χ3n) is 16.1. The number of nitrogens with one attached hydrogen (secondary N) is 2. The predicted molar refractivity (Wildman–Crippen MR) is 176 cm³/mol. The van der Waals surface area contributed by atoms with Gasteiger partial charge in [0.2, 0.25) is 0 Å². The van der Waals surface area contributed by atoms with Crippen molar-refractivity contribution in [3.8, 4) is 0 Å². The second-order valence-corrected chi connectivity index (χ2v) is 18.5. The first kappa shape index (κ1) is 32.3. The smallest absolute Gasteiger partial charge is 0.339 e. The van der Waals surface area contributed by atoms with Gasteiger partial charge in [-0.15, -0.1) is 0 Å². The van der Waals surface area contributed by atoms with E-state index < -0.39 is 69.7 Å². The van der Waals surface area contributed by atoms with Crippen LogP contribution in [0.1, 0.15) is 96.5 Å². The molecule has 11 heteroatoms. The molecule has 2 bridgehead atoms. The molecule has 50 heavy (non-hydrogen) atoms. The van der Waals surface area contributed by atoms with E-state index in [2.05, 4.69) is 17.6 Å². The van der Waals surface area contributed by atoms with Gasteiger partial charge >= 0.3 is 11.9 Å². The normalized spacial score (nSPS) is 52.7. The molecule has 13 atom stereocenters. The molecule has 10 rings (SSSR count). The van der Waals surface area contributed by atoms with Crippen LogP contribution in [0, 0.1) is 51.8 Å². The summed E-state index contributed by atoms with van der Waals surface area (Å²) in [5.41, 5.74) is -3.89. The summed E-state index contributed by atoms with van der Waals surface area (Å²) in [5.74, 6) is -0.201. The molecular formula is C39H52N2O9. The number of rotatable bonds is 5. The Kier molecular flexibility index (Phi) is 6.75. The van der Waals surface area contributed by atoms with Gasteiger partial charge in [-0.05, 0) is 82.1 Å². The van der Waals surface area contributed by atoms with Gasteiger partial charge in [0.15, 0.2) is 11.9 Å². The number of aliphatic hydroxyl groups excluding tert-OH is 1. The van der Waals surface area contributed by atoms with Crippen LogP contribution in [0.5, 0.6) is 0 Å². The number of furan rings is 1. The van der Waals surface area contributed by atoms with E-state index in [0.29, 0.717) is 24.8 Å². The van der Waals surface area contributed by atoms with E-state index in [0.717, 1.165) is 49.7 Å². The zero-order chi connectivity index (χ0) is 34.6. The molecule has 4 saturated carbocycles. The van der Waals surface area contributed by atoms with Crippen LogP contribution in [0.15, 0.2) is 16.7 Å². The van der Waals surface area contributed by atoms with Gasteiger partial charge in [-0.1, -0.05) is 26.7 Å². The number of aliphatic hydroxyl groups is 1. The van der Waals surface area contributed by atoms with Gasteiger partial charge in [-0.3, -0.25) is 9.59 Å². The average molecular weight is 693 g/mol. The number of hydrogen-bond donors (Lipinski definition) is 3. The molecule has 0 radical (unpaired) electrons. The number of Topliss-reactive ketones (excluding diaryl/α,β-unsaturated/α-hetero) is 1. The predicted octanol–water partition coefficient (Wildman–Crippen LogP) is 3.61. The fraction of sp³-hybridized carbons (Fsp3) is 0.821. The van der Waals surface area contributed by atoms with E-state index in [1.807, 2.05) is 26.8 Å². The number of carbonyl (C=O) groups excluding carboxylic acids is 3. The highest BCUT2D eigenvalue weighted by Crippen LogP contribution is 2.82. The Labute approximate surface area is 293 Å². The summed E-state index contributed by atoms with van der Waals surface area (Å²) in [4.78, 5) is 42.0. The second kappa shape index (κ2) is 10.4. The van der Waals surface area contributed by atoms with Crippen molar-refractivity contribution in [1.29, 1.82) is 0 Å². The first-order valence-electron chi connectivity index (χ1n) is 19.3. The summed E-state index contributed by atoms with van der Waals surface area (Å²) >= 11 is 0. The Bertz CT molecular complexity index is 1630. The first-order chi connectivity index (χ1) is 23.9. The minimum Gasteiger partial charge on any atom is -0.469 e. The maximum Gasteiger partial charge on any atom is 0.339 e. The molecule has 2 spiro atoms. The van der Waals surface area contributed by atoms with E-state index in [4.69, 9.17) is 23.4 Å². The monoisotopic (exact) mass is 692 g/mol. The molecular weight excluding hydrogens is 640 g/mol. The summed E-state index contributed by atoms with van der Waals surface area (Å²) < 4.78 is 32.0. The van der Waals surface area contributed by atoms with Gasteiger partial charge in [0.1, 0.15) is 30.2 Å². The van der Waals surface area contributed by atoms with Crippen molar-refractivity contribution in [2.75, 3.05) is 19.8 Å². The van der Waals surface area contributed by atoms with E-state index in [1.54, 1.807) is 6.26 Å². The van der Waals surface area contributed by atoms with Crippen LogP contribution >= 0.6 is 0 Å². The van der Waals surface area contributed by atoms with Crippen LogP contribution in [-0.4, -0.2) is 78.2 Å². The molecule has 6 heterocycles. The Morgan fingerprint density at radius 3 is 2.48 bits per heavy atom. The maximum absolute atomic E-state index is 14.7. The van der Waals surface area contributed by atoms with E-state index >= 15 is 0 Å². The molecule has 5 saturated heterocycles. The summed E-state index contributed by atoms with van der Waals surface area (Å²) in [6.07, 6.45) is 6.89. The lowest BCUT2D eigenvalue weighted by atomic mass is 9.34. The van der Waals surface area contributed by atoms with Crippen LogP contribution in [0.2, 0.25) is 0 Å². The van der Waals surface area contributed by atoms with Crippen LogP contribution in [0.4, 0.5) is 0 Å². The van der Waals surface area contributed by atoms with E-state index in [9.17, 15) is 19.5 Å². The van der Waals surface area contributed by atoms with Gasteiger partial charge in [0.05, 0.1) is 29.8 Å². The number of aryl methyl sites for hydroxylation is 1.